The number of carboxylic acid groups (broad SMARTS) is 1. The SMILES string of the molecule is CCC1CCC(n2ccnc2SCC(=O)O)CC1. The largest absolute Gasteiger partial charge is 0.481 e. The third-order valence-electron chi connectivity index (χ3n) is 3.74. The second-order valence-electron chi connectivity index (χ2n) is 4.88. The van der Waals surface area contributed by atoms with Crippen LogP contribution in [0.1, 0.15) is 45.1 Å². The molecule has 0 amide bonds. The van der Waals surface area contributed by atoms with E-state index in [1.165, 1.54) is 43.9 Å². The lowest BCUT2D eigenvalue weighted by atomic mass is 9.84. The van der Waals surface area contributed by atoms with Gasteiger partial charge in [-0.05, 0) is 31.6 Å². The van der Waals surface area contributed by atoms with E-state index >= 15 is 0 Å². The molecule has 1 heterocycles. The molecule has 18 heavy (non-hydrogen) atoms. The molecule has 0 radical (unpaired) electrons. The number of carboxylic acids is 1. The summed E-state index contributed by atoms with van der Waals surface area (Å²) in [6.07, 6.45) is 9.98. The zero-order valence-electron chi connectivity index (χ0n) is 10.7. The van der Waals surface area contributed by atoms with Crippen LogP contribution in [-0.4, -0.2) is 26.4 Å². The Bertz CT molecular complexity index is 397. The van der Waals surface area contributed by atoms with Crippen LogP contribution in [0.5, 0.6) is 0 Å². The lowest BCUT2D eigenvalue weighted by Crippen LogP contribution is -2.18. The number of aliphatic carboxylic acids is 1. The van der Waals surface area contributed by atoms with Crippen LogP contribution < -0.4 is 0 Å². The molecule has 1 aliphatic rings. The maximum Gasteiger partial charge on any atom is 0.313 e. The number of nitrogens with zero attached hydrogens (tertiary/aromatic N) is 2. The standard InChI is InChI=1S/C13H20N2O2S/c1-2-10-3-5-11(6-4-10)15-8-7-14-13(15)18-9-12(16)17/h7-8,10-11H,2-6,9H2,1H3,(H,16,17). The number of rotatable bonds is 5. The van der Waals surface area contributed by atoms with Crippen molar-refractivity contribution in [2.45, 2.75) is 50.2 Å². The number of aromatic nitrogens is 2. The molecule has 1 aliphatic carbocycles. The fraction of sp³-hybridized carbons (Fsp3) is 0.692. The molecule has 0 spiro atoms. The number of imidazole rings is 1. The van der Waals surface area contributed by atoms with Crippen molar-refractivity contribution < 1.29 is 9.90 Å². The number of carbonyl (C=O) groups is 1. The van der Waals surface area contributed by atoms with Gasteiger partial charge in [0, 0.05) is 18.4 Å². The summed E-state index contributed by atoms with van der Waals surface area (Å²) in [6, 6.07) is 0.506. The van der Waals surface area contributed by atoms with E-state index in [0.717, 1.165) is 11.1 Å². The minimum Gasteiger partial charge on any atom is -0.481 e. The first-order valence-corrected chi connectivity index (χ1v) is 7.56. The molecule has 100 valence electrons. The highest BCUT2D eigenvalue weighted by Gasteiger charge is 2.22. The van der Waals surface area contributed by atoms with E-state index in [-0.39, 0.29) is 5.75 Å². The molecule has 2 rings (SSSR count). The molecule has 0 atom stereocenters. The van der Waals surface area contributed by atoms with Crippen molar-refractivity contribution in [1.29, 1.82) is 0 Å². The van der Waals surface area contributed by atoms with Crippen molar-refractivity contribution in [3.05, 3.63) is 12.4 Å². The van der Waals surface area contributed by atoms with Gasteiger partial charge in [0.2, 0.25) is 0 Å². The smallest absolute Gasteiger partial charge is 0.313 e. The lowest BCUT2D eigenvalue weighted by molar-refractivity contribution is -0.133. The normalized spacial score (nSPS) is 24.1. The quantitative estimate of drug-likeness (QED) is 0.833. The molecule has 1 aromatic heterocycles. The van der Waals surface area contributed by atoms with Gasteiger partial charge < -0.3 is 9.67 Å². The number of hydrogen-bond donors (Lipinski definition) is 1. The molecule has 0 aliphatic heterocycles. The summed E-state index contributed by atoms with van der Waals surface area (Å²) in [5.74, 6) is 0.172. The van der Waals surface area contributed by atoms with E-state index in [4.69, 9.17) is 5.11 Å². The second-order valence-corrected chi connectivity index (χ2v) is 5.82. The predicted molar refractivity (Wildman–Crippen MR) is 71.9 cm³/mol. The summed E-state index contributed by atoms with van der Waals surface area (Å²) in [4.78, 5) is 14.9. The van der Waals surface area contributed by atoms with Gasteiger partial charge in [-0.15, -0.1) is 0 Å². The molecule has 1 aromatic rings. The van der Waals surface area contributed by atoms with Crippen LogP contribution >= 0.6 is 11.8 Å². The minimum atomic E-state index is -0.788. The molecule has 0 unspecified atom stereocenters. The van der Waals surface area contributed by atoms with E-state index in [2.05, 4.69) is 16.5 Å². The van der Waals surface area contributed by atoms with Crippen LogP contribution in [0, 0.1) is 5.92 Å². The zero-order chi connectivity index (χ0) is 13.0. The molecule has 0 aromatic carbocycles. The van der Waals surface area contributed by atoms with E-state index < -0.39 is 5.97 Å². The molecule has 1 fully saturated rings. The van der Waals surface area contributed by atoms with E-state index in [9.17, 15) is 4.79 Å². The fourth-order valence-electron chi connectivity index (χ4n) is 2.65. The van der Waals surface area contributed by atoms with Crippen LogP contribution in [-0.2, 0) is 4.79 Å². The third-order valence-corrected chi connectivity index (χ3v) is 4.71. The summed E-state index contributed by atoms with van der Waals surface area (Å²) in [6.45, 7) is 2.26. The van der Waals surface area contributed by atoms with Gasteiger partial charge in [0.25, 0.3) is 0 Å². The van der Waals surface area contributed by atoms with E-state index in [1.54, 1.807) is 6.20 Å². The van der Waals surface area contributed by atoms with Gasteiger partial charge in [0.05, 0.1) is 5.75 Å². The lowest BCUT2D eigenvalue weighted by Gasteiger charge is -2.29. The van der Waals surface area contributed by atoms with Gasteiger partial charge in [0.1, 0.15) is 0 Å². The van der Waals surface area contributed by atoms with Gasteiger partial charge in [-0.1, -0.05) is 25.1 Å². The summed E-state index contributed by atoms with van der Waals surface area (Å²) >= 11 is 1.31. The average Bonchev–Trinajstić information content (AvgIpc) is 2.85. The van der Waals surface area contributed by atoms with Gasteiger partial charge in [-0.25, -0.2) is 4.98 Å². The number of thioether (sulfide) groups is 1. The summed E-state index contributed by atoms with van der Waals surface area (Å²) < 4.78 is 2.17. The summed E-state index contributed by atoms with van der Waals surface area (Å²) in [5, 5.41) is 9.57. The fourth-order valence-corrected chi connectivity index (χ4v) is 3.39. The van der Waals surface area contributed by atoms with Crippen LogP contribution in [0.4, 0.5) is 0 Å². The average molecular weight is 268 g/mol. The highest BCUT2D eigenvalue weighted by molar-refractivity contribution is 7.99. The van der Waals surface area contributed by atoms with Gasteiger partial charge in [0.15, 0.2) is 5.16 Å². The van der Waals surface area contributed by atoms with Crippen LogP contribution in [0.25, 0.3) is 0 Å². The maximum atomic E-state index is 10.6. The van der Waals surface area contributed by atoms with E-state index in [1.807, 2.05) is 6.20 Å². The Labute approximate surface area is 112 Å². The van der Waals surface area contributed by atoms with Crippen LogP contribution in [0.3, 0.4) is 0 Å². The van der Waals surface area contributed by atoms with Gasteiger partial charge >= 0.3 is 5.97 Å². The van der Waals surface area contributed by atoms with Crippen molar-refractivity contribution in [3.8, 4) is 0 Å². The first kappa shape index (κ1) is 13.5. The maximum absolute atomic E-state index is 10.6. The summed E-state index contributed by atoms with van der Waals surface area (Å²) in [5.41, 5.74) is 0. The van der Waals surface area contributed by atoms with Crippen molar-refractivity contribution in [3.63, 3.8) is 0 Å². The Morgan fingerprint density at radius 2 is 2.22 bits per heavy atom. The predicted octanol–water partition coefficient (Wildman–Crippen LogP) is 3.20. The first-order valence-electron chi connectivity index (χ1n) is 6.58. The Hall–Kier alpha value is -0.970. The topological polar surface area (TPSA) is 55.1 Å². The monoisotopic (exact) mass is 268 g/mol. The minimum absolute atomic E-state index is 0.0846. The molecule has 0 bridgehead atoms. The van der Waals surface area contributed by atoms with Gasteiger partial charge in [-0.2, -0.15) is 0 Å². The Kier molecular flexibility index (Phi) is 4.69. The zero-order valence-corrected chi connectivity index (χ0v) is 11.5. The molecule has 4 nitrogen and oxygen atoms in total. The van der Waals surface area contributed by atoms with Crippen LogP contribution in [0.2, 0.25) is 0 Å². The van der Waals surface area contributed by atoms with Crippen LogP contribution in [0.15, 0.2) is 17.6 Å². The van der Waals surface area contributed by atoms with E-state index in [0.29, 0.717) is 6.04 Å². The van der Waals surface area contributed by atoms with Gasteiger partial charge in [-0.3, -0.25) is 4.79 Å². The van der Waals surface area contributed by atoms with Crippen molar-refractivity contribution in [1.82, 2.24) is 9.55 Å². The molecule has 1 N–H and O–H groups in total. The molecular formula is C13H20N2O2S. The molecular weight excluding hydrogens is 248 g/mol. The van der Waals surface area contributed by atoms with Crippen molar-refractivity contribution >= 4 is 17.7 Å². The summed E-state index contributed by atoms with van der Waals surface area (Å²) in [7, 11) is 0. The molecule has 1 saturated carbocycles. The Balaban J connectivity index is 1.96. The molecule has 0 saturated heterocycles. The first-order chi connectivity index (χ1) is 8.70. The molecule has 5 heteroatoms. The second kappa shape index (κ2) is 6.27. The third kappa shape index (κ3) is 3.28. The Morgan fingerprint density at radius 1 is 1.50 bits per heavy atom. The highest BCUT2D eigenvalue weighted by atomic mass is 32.2. The Morgan fingerprint density at radius 3 is 2.83 bits per heavy atom. The highest BCUT2D eigenvalue weighted by Crippen LogP contribution is 2.35. The van der Waals surface area contributed by atoms with Crippen molar-refractivity contribution in [2.24, 2.45) is 5.92 Å². The van der Waals surface area contributed by atoms with Crippen molar-refractivity contribution in [2.75, 3.05) is 5.75 Å². The number of hydrogen-bond acceptors (Lipinski definition) is 3.